The van der Waals surface area contributed by atoms with Crippen molar-refractivity contribution in [2.45, 2.75) is 33.1 Å². The minimum atomic E-state index is -0.791. The Bertz CT molecular complexity index is 318. The van der Waals surface area contributed by atoms with E-state index in [0.29, 0.717) is 12.5 Å². The lowest BCUT2D eigenvalue weighted by atomic mass is 9.94. The quantitative estimate of drug-likeness (QED) is 0.729. The Kier molecular flexibility index (Phi) is 6.28. The number of carbonyl (C=O) groups excluding carboxylic acids is 1. The van der Waals surface area contributed by atoms with Gasteiger partial charge in [0.05, 0.1) is 5.92 Å². The molecule has 2 N–H and O–H groups in total. The third kappa shape index (κ3) is 6.05. The highest BCUT2D eigenvalue weighted by Crippen LogP contribution is 2.17. The van der Waals surface area contributed by atoms with Crippen molar-refractivity contribution in [3.63, 3.8) is 0 Å². The average Bonchev–Trinajstić information content (AvgIpc) is 2.71. The number of hydrogen-bond donors (Lipinski definition) is 2. The van der Waals surface area contributed by atoms with Crippen molar-refractivity contribution in [2.24, 2.45) is 17.8 Å². The van der Waals surface area contributed by atoms with Crippen LogP contribution in [0.2, 0.25) is 0 Å². The minimum Gasteiger partial charge on any atom is -0.481 e. The highest BCUT2D eigenvalue weighted by atomic mass is 16.4. The van der Waals surface area contributed by atoms with Crippen LogP contribution < -0.4 is 5.32 Å². The summed E-state index contributed by atoms with van der Waals surface area (Å²) in [6, 6.07) is 0. The molecule has 1 aliphatic heterocycles. The molecule has 1 amide bonds. The number of carboxylic acid groups (broad SMARTS) is 1. The Hall–Kier alpha value is -1.10. The third-order valence-electron chi connectivity index (χ3n) is 3.60. The summed E-state index contributed by atoms with van der Waals surface area (Å²) in [7, 11) is 2.01. The lowest BCUT2D eigenvalue weighted by Crippen LogP contribution is -2.36. The molecule has 5 heteroatoms. The van der Waals surface area contributed by atoms with Crippen LogP contribution in [0.25, 0.3) is 0 Å². The van der Waals surface area contributed by atoms with Crippen molar-refractivity contribution in [3.05, 3.63) is 0 Å². The van der Waals surface area contributed by atoms with Gasteiger partial charge < -0.3 is 15.3 Å². The van der Waals surface area contributed by atoms with Gasteiger partial charge in [-0.1, -0.05) is 13.8 Å². The van der Waals surface area contributed by atoms with Crippen LogP contribution in [0.5, 0.6) is 0 Å². The molecule has 0 spiro atoms. The summed E-state index contributed by atoms with van der Waals surface area (Å²) >= 11 is 0. The third-order valence-corrected chi connectivity index (χ3v) is 3.60. The fraction of sp³-hybridized carbons (Fsp3) is 0.857. The van der Waals surface area contributed by atoms with Crippen molar-refractivity contribution < 1.29 is 14.7 Å². The molecule has 5 nitrogen and oxygen atoms in total. The van der Waals surface area contributed by atoms with Gasteiger partial charge in [-0.2, -0.15) is 0 Å². The first-order valence-electron chi connectivity index (χ1n) is 7.06. The predicted octanol–water partition coefficient (Wildman–Crippen LogP) is 1.19. The molecule has 1 aliphatic rings. The molecule has 0 aromatic carbocycles. The van der Waals surface area contributed by atoms with Crippen molar-refractivity contribution >= 4 is 11.9 Å². The lowest BCUT2D eigenvalue weighted by Gasteiger charge is -2.19. The fourth-order valence-corrected chi connectivity index (χ4v) is 2.69. The van der Waals surface area contributed by atoms with Crippen LogP contribution in [-0.4, -0.2) is 48.6 Å². The van der Waals surface area contributed by atoms with Gasteiger partial charge >= 0.3 is 5.97 Å². The standard InChI is InChI=1S/C14H26N2O3/c1-10(2)6-11(7-13(17)18)8-15-14(19)12-4-5-16(3)9-12/h10-12H,4-9H2,1-3H3,(H,15,19)(H,17,18). The number of rotatable bonds is 7. The topological polar surface area (TPSA) is 69.6 Å². The number of amides is 1. The number of hydrogen-bond acceptors (Lipinski definition) is 3. The van der Waals surface area contributed by atoms with E-state index in [1.807, 2.05) is 7.05 Å². The molecule has 1 saturated heterocycles. The molecule has 1 fully saturated rings. The zero-order valence-electron chi connectivity index (χ0n) is 12.2. The van der Waals surface area contributed by atoms with Gasteiger partial charge in [0, 0.05) is 19.5 Å². The molecular formula is C14H26N2O3. The largest absolute Gasteiger partial charge is 0.481 e. The molecule has 0 saturated carbocycles. The van der Waals surface area contributed by atoms with E-state index >= 15 is 0 Å². The van der Waals surface area contributed by atoms with Crippen LogP contribution in [0.15, 0.2) is 0 Å². The first-order valence-corrected chi connectivity index (χ1v) is 7.06. The molecule has 2 atom stereocenters. The van der Waals surface area contributed by atoms with Gasteiger partial charge in [0.25, 0.3) is 0 Å². The van der Waals surface area contributed by atoms with E-state index in [4.69, 9.17) is 5.11 Å². The monoisotopic (exact) mass is 270 g/mol. The predicted molar refractivity (Wildman–Crippen MR) is 73.8 cm³/mol. The number of carboxylic acids is 1. The van der Waals surface area contributed by atoms with E-state index in [2.05, 4.69) is 24.1 Å². The van der Waals surface area contributed by atoms with E-state index in [0.717, 1.165) is 25.9 Å². The van der Waals surface area contributed by atoms with Gasteiger partial charge in [0.1, 0.15) is 0 Å². The summed E-state index contributed by atoms with van der Waals surface area (Å²) in [6.07, 6.45) is 1.86. The molecule has 0 aromatic heterocycles. The normalized spacial score (nSPS) is 21.6. The molecule has 0 bridgehead atoms. The van der Waals surface area contributed by atoms with Crippen LogP contribution >= 0.6 is 0 Å². The fourth-order valence-electron chi connectivity index (χ4n) is 2.69. The van der Waals surface area contributed by atoms with Gasteiger partial charge in [-0.3, -0.25) is 9.59 Å². The Balaban J connectivity index is 2.37. The van der Waals surface area contributed by atoms with E-state index in [-0.39, 0.29) is 24.2 Å². The first-order chi connectivity index (χ1) is 8.88. The van der Waals surface area contributed by atoms with Crippen LogP contribution in [0, 0.1) is 17.8 Å². The van der Waals surface area contributed by atoms with Crippen LogP contribution in [0.4, 0.5) is 0 Å². The summed E-state index contributed by atoms with van der Waals surface area (Å²) in [5.74, 6) is -0.182. The maximum atomic E-state index is 12.0. The Labute approximate surface area is 115 Å². The summed E-state index contributed by atoms with van der Waals surface area (Å²) in [5.41, 5.74) is 0. The molecule has 110 valence electrons. The second-order valence-corrected chi connectivity index (χ2v) is 6.09. The molecular weight excluding hydrogens is 244 g/mol. The SMILES string of the molecule is CC(C)CC(CNC(=O)C1CCN(C)C1)CC(=O)O. The molecule has 0 radical (unpaired) electrons. The van der Waals surface area contributed by atoms with Crippen molar-refractivity contribution in [2.75, 3.05) is 26.7 Å². The average molecular weight is 270 g/mol. The smallest absolute Gasteiger partial charge is 0.303 e. The second kappa shape index (κ2) is 7.48. The molecule has 0 aliphatic carbocycles. The summed E-state index contributed by atoms with van der Waals surface area (Å²) in [4.78, 5) is 24.9. The Morgan fingerprint density at radius 3 is 2.58 bits per heavy atom. The zero-order valence-corrected chi connectivity index (χ0v) is 12.2. The van der Waals surface area contributed by atoms with E-state index in [9.17, 15) is 9.59 Å². The number of nitrogens with one attached hydrogen (secondary N) is 1. The minimum absolute atomic E-state index is 0.0283. The van der Waals surface area contributed by atoms with Crippen molar-refractivity contribution in [3.8, 4) is 0 Å². The van der Waals surface area contributed by atoms with Crippen LogP contribution in [-0.2, 0) is 9.59 Å². The van der Waals surface area contributed by atoms with E-state index < -0.39 is 5.97 Å². The van der Waals surface area contributed by atoms with Gasteiger partial charge in [0.2, 0.25) is 5.91 Å². The van der Waals surface area contributed by atoms with Crippen molar-refractivity contribution in [1.29, 1.82) is 0 Å². The molecule has 2 unspecified atom stereocenters. The molecule has 1 rings (SSSR count). The van der Waals surface area contributed by atoms with Crippen molar-refractivity contribution in [1.82, 2.24) is 10.2 Å². The summed E-state index contributed by atoms with van der Waals surface area (Å²) < 4.78 is 0. The maximum Gasteiger partial charge on any atom is 0.303 e. The van der Waals surface area contributed by atoms with Crippen LogP contribution in [0.3, 0.4) is 0 Å². The van der Waals surface area contributed by atoms with Gasteiger partial charge in [-0.25, -0.2) is 0 Å². The molecule has 0 aromatic rings. The molecule has 19 heavy (non-hydrogen) atoms. The Morgan fingerprint density at radius 1 is 1.42 bits per heavy atom. The van der Waals surface area contributed by atoms with E-state index in [1.165, 1.54) is 0 Å². The second-order valence-electron chi connectivity index (χ2n) is 6.09. The highest BCUT2D eigenvalue weighted by Gasteiger charge is 2.26. The number of carbonyl (C=O) groups is 2. The lowest BCUT2D eigenvalue weighted by molar-refractivity contribution is -0.138. The summed E-state index contributed by atoms with van der Waals surface area (Å²) in [6.45, 7) is 6.39. The Morgan fingerprint density at radius 2 is 2.11 bits per heavy atom. The first kappa shape index (κ1) is 16.0. The highest BCUT2D eigenvalue weighted by molar-refractivity contribution is 5.79. The van der Waals surface area contributed by atoms with Gasteiger partial charge in [-0.15, -0.1) is 0 Å². The number of nitrogens with zero attached hydrogens (tertiary/aromatic N) is 1. The summed E-state index contributed by atoms with van der Waals surface area (Å²) in [5, 5.41) is 11.8. The number of aliphatic carboxylic acids is 1. The van der Waals surface area contributed by atoms with E-state index in [1.54, 1.807) is 0 Å². The number of likely N-dealkylation sites (tertiary alicyclic amines) is 1. The zero-order chi connectivity index (χ0) is 14.4. The van der Waals surface area contributed by atoms with Crippen LogP contribution in [0.1, 0.15) is 33.1 Å². The van der Waals surface area contributed by atoms with Gasteiger partial charge in [-0.05, 0) is 38.3 Å². The molecule has 1 heterocycles. The van der Waals surface area contributed by atoms with Gasteiger partial charge in [0.15, 0.2) is 0 Å². The maximum absolute atomic E-state index is 12.0.